The van der Waals surface area contributed by atoms with Crippen LogP contribution in [0.2, 0.25) is 0 Å². The van der Waals surface area contributed by atoms with Gasteiger partial charge in [0.05, 0.1) is 4.90 Å². The van der Waals surface area contributed by atoms with Crippen molar-refractivity contribution in [2.75, 3.05) is 0 Å². The second kappa shape index (κ2) is 4.65. The van der Waals surface area contributed by atoms with Crippen LogP contribution in [0.1, 0.15) is 0 Å². The number of sulfone groups is 1. The Bertz CT molecular complexity index is 760. The van der Waals surface area contributed by atoms with Crippen LogP contribution in [0.4, 0.5) is 0 Å². The van der Waals surface area contributed by atoms with Gasteiger partial charge in [-0.2, -0.15) is 0 Å². The number of thiophene rings is 1. The van der Waals surface area contributed by atoms with Crippen LogP contribution in [-0.2, 0) is 18.9 Å². The molecule has 2 aromatic rings. The van der Waals surface area contributed by atoms with E-state index >= 15 is 0 Å². The number of hydrogen-bond acceptors (Lipinski definition) is 5. The van der Waals surface area contributed by atoms with Crippen molar-refractivity contribution in [1.82, 2.24) is 0 Å². The van der Waals surface area contributed by atoms with E-state index in [9.17, 15) is 16.8 Å². The average molecular weight is 323 g/mol. The largest absolute Gasteiger partial charge is 0.272 e. The fourth-order valence-electron chi connectivity index (χ4n) is 1.39. The van der Waals surface area contributed by atoms with Gasteiger partial charge in [-0.1, -0.05) is 18.2 Å². The normalized spacial score (nSPS) is 12.5. The second-order valence-electron chi connectivity index (χ2n) is 3.33. The fourth-order valence-corrected chi connectivity index (χ4v) is 6.00. The second-order valence-corrected chi connectivity index (χ2v) is 8.92. The molecular weight excluding hydrogens is 316 g/mol. The van der Waals surface area contributed by atoms with Crippen LogP contribution < -0.4 is 0 Å². The molecule has 8 heteroatoms. The molecule has 0 aliphatic rings. The number of hydrogen-bond donors (Lipinski definition) is 0. The minimum Gasteiger partial charge on any atom is -0.218 e. The van der Waals surface area contributed by atoms with Crippen LogP contribution in [0.3, 0.4) is 0 Å². The number of benzene rings is 1. The highest BCUT2D eigenvalue weighted by Gasteiger charge is 2.28. The van der Waals surface area contributed by atoms with Gasteiger partial charge >= 0.3 is 0 Å². The van der Waals surface area contributed by atoms with Crippen LogP contribution in [0, 0.1) is 0 Å². The maximum Gasteiger partial charge on any atom is 0.272 e. The maximum absolute atomic E-state index is 12.2. The molecule has 0 bridgehead atoms. The third kappa shape index (κ3) is 2.44. The monoisotopic (exact) mass is 322 g/mol. The van der Waals surface area contributed by atoms with Crippen molar-refractivity contribution < 1.29 is 16.8 Å². The zero-order chi connectivity index (χ0) is 13.4. The van der Waals surface area contributed by atoms with E-state index in [0.29, 0.717) is 0 Å². The standard InChI is InChI=1S/C10H7ClO4S3/c11-18(14,15)10-9(6-7-16-10)17(12,13)8-4-2-1-3-5-8/h1-7H. The summed E-state index contributed by atoms with van der Waals surface area (Å²) in [6.45, 7) is 0. The van der Waals surface area contributed by atoms with Gasteiger partial charge in [0, 0.05) is 10.7 Å². The first-order valence-corrected chi connectivity index (χ1v) is 9.33. The summed E-state index contributed by atoms with van der Waals surface area (Å²) in [4.78, 5) is -0.251. The zero-order valence-corrected chi connectivity index (χ0v) is 12.0. The first-order valence-electron chi connectivity index (χ1n) is 4.66. The van der Waals surface area contributed by atoms with E-state index in [-0.39, 0.29) is 14.0 Å². The van der Waals surface area contributed by atoms with Gasteiger partial charge in [-0.15, -0.1) is 11.3 Å². The molecule has 0 radical (unpaired) electrons. The smallest absolute Gasteiger partial charge is 0.218 e. The van der Waals surface area contributed by atoms with E-state index < -0.39 is 18.9 Å². The van der Waals surface area contributed by atoms with Crippen LogP contribution >= 0.6 is 22.0 Å². The Labute approximate surface area is 113 Å². The molecule has 0 N–H and O–H groups in total. The first kappa shape index (κ1) is 13.5. The number of halogens is 1. The highest BCUT2D eigenvalue weighted by molar-refractivity contribution is 8.15. The van der Waals surface area contributed by atoms with E-state index in [1.807, 2.05) is 0 Å². The molecule has 0 unspecified atom stereocenters. The molecule has 1 aromatic heterocycles. The van der Waals surface area contributed by atoms with Crippen LogP contribution in [-0.4, -0.2) is 16.8 Å². The molecule has 96 valence electrons. The molecular formula is C10H7ClO4S3. The lowest BCUT2D eigenvalue weighted by Crippen LogP contribution is -2.04. The Morgan fingerprint density at radius 2 is 1.56 bits per heavy atom. The van der Waals surface area contributed by atoms with Crippen molar-refractivity contribution in [2.24, 2.45) is 0 Å². The van der Waals surface area contributed by atoms with Crippen molar-refractivity contribution in [2.45, 2.75) is 14.0 Å². The predicted molar refractivity (Wildman–Crippen MR) is 69.3 cm³/mol. The summed E-state index contributed by atoms with van der Waals surface area (Å²) in [5.41, 5.74) is 0. The Balaban J connectivity index is 2.68. The molecule has 0 saturated carbocycles. The Kier molecular flexibility index (Phi) is 3.50. The topological polar surface area (TPSA) is 68.3 Å². The molecule has 0 atom stereocenters. The van der Waals surface area contributed by atoms with Gasteiger partial charge in [-0.3, -0.25) is 0 Å². The molecule has 0 spiro atoms. The van der Waals surface area contributed by atoms with E-state index in [1.54, 1.807) is 18.2 Å². The van der Waals surface area contributed by atoms with Gasteiger partial charge in [0.15, 0.2) is 4.21 Å². The molecule has 2 rings (SSSR count). The molecule has 0 fully saturated rings. The van der Waals surface area contributed by atoms with Crippen LogP contribution in [0.25, 0.3) is 0 Å². The van der Waals surface area contributed by atoms with Gasteiger partial charge in [0.2, 0.25) is 9.84 Å². The Morgan fingerprint density at radius 1 is 0.944 bits per heavy atom. The minimum atomic E-state index is -4.07. The highest BCUT2D eigenvalue weighted by Crippen LogP contribution is 2.33. The lowest BCUT2D eigenvalue weighted by molar-refractivity contribution is 0.590. The summed E-state index contributed by atoms with van der Waals surface area (Å²) in [5, 5.41) is 1.38. The summed E-state index contributed by atoms with van der Waals surface area (Å²) in [6, 6.07) is 8.84. The third-order valence-electron chi connectivity index (χ3n) is 2.16. The lowest BCUT2D eigenvalue weighted by Gasteiger charge is -2.03. The average Bonchev–Trinajstić information content (AvgIpc) is 2.79. The molecule has 1 aromatic carbocycles. The SMILES string of the molecule is O=S(=O)(Cl)c1sccc1S(=O)(=O)c1ccccc1. The van der Waals surface area contributed by atoms with Gasteiger partial charge in [-0.05, 0) is 23.6 Å². The van der Waals surface area contributed by atoms with E-state index in [2.05, 4.69) is 0 Å². The third-order valence-corrected chi connectivity index (χ3v) is 7.28. The first-order chi connectivity index (χ1) is 8.33. The molecule has 0 saturated heterocycles. The summed E-state index contributed by atoms with van der Waals surface area (Å²) in [5.74, 6) is 0. The molecule has 4 nitrogen and oxygen atoms in total. The van der Waals surface area contributed by atoms with Crippen LogP contribution in [0.5, 0.6) is 0 Å². The summed E-state index contributed by atoms with van der Waals surface area (Å²) in [6.07, 6.45) is 0. The van der Waals surface area contributed by atoms with Crippen molar-refractivity contribution in [3.8, 4) is 0 Å². The lowest BCUT2D eigenvalue weighted by atomic mass is 10.4. The van der Waals surface area contributed by atoms with Crippen molar-refractivity contribution in [3.05, 3.63) is 41.8 Å². The maximum atomic E-state index is 12.2. The minimum absolute atomic E-state index is 0.0324. The zero-order valence-electron chi connectivity index (χ0n) is 8.78. The van der Waals surface area contributed by atoms with E-state index in [0.717, 1.165) is 11.3 Å². The molecule has 18 heavy (non-hydrogen) atoms. The molecule has 1 heterocycles. The quantitative estimate of drug-likeness (QED) is 0.814. The van der Waals surface area contributed by atoms with E-state index in [4.69, 9.17) is 10.7 Å². The Hall–Kier alpha value is -0.890. The van der Waals surface area contributed by atoms with Gasteiger partial charge in [-0.25, -0.2) is 16.8 Å². The summed E-state index contributed by atoms with van der Waals surface area (Å²) in [7, 11) is -2.72. The highest BCUT2D eigenvalue weighted by atomic mass is 35.7. The van der Waals surface area contributed by atoms with Gasteiger partial charge in [0.25, 0.3) is 9.05 Å². The van der Waals surface area contributed by atoms with Crippen molar-refractivity contribution >= 4 is 40.9 Å². The van der Waals surface area contributed by atoms with Gasteiger partial charge < -0.3 is 0 Å². The fraction of sp³-hybridized carbons (Fsp3) is 0. The number of rotatable bonds is 3. The van der Waals surface area contributed by atoms with Crippen molar-refractivity contribution in [3.63, 3.8) is 0 Å². The van der Waals surface area contributed by atoms with Crippen molar-refractivity contribution in [1.29, 1.82) is 0 Å². The summed E-state index contributed by atoms with van der Waals surface area (Å²) >= 11 is 0.779. The summed E-state index contributed by atoms with van der Waals surface area (Å²) < 4.78 is 46.7. The van der Waals surface area contributed by atoms with Gasteiger partial charge in [0.1, 0.15) is 4.90 Å². The van der Waals surface area contributed by atoms with Crippen LogP contribution in [0.15, 0.2) is 55.8 Å². The molecule has 0 aliphatic carbocycles. The predicted octanol–water partition coefficient (Wildman–Crippen LogP) is 2.51. The Morgan fingerprint density at radius 3 is 2.11 bits per heavy atom. The molecule has 0 aliphatic heterocycles. The van der Waals surface area contributed by atoms with E-state index in [1.165, 1.54) is 23.6 Å². The molecule has 0 amide bonds.